The van der Waals surface area contributed by atoms with Gasteiger partial charge in [0.15, 0.2) is 0 Å². The minimum Gasteiger partial charge on any atom is -0.448 e. The molecule has 11 atom stereocenters. The third-order valence-electron chi connectivity index (χ3n) is 12.5. The van der Waals surface area contributed by atoms with Crippen LogP contribution in [0.25, 0.3) is 0 Å². The summed E-state index contributed by atoms with van der Waals surface area (Å²) < 4.78 is 19.4. The van der Waals surface area contributed by atoms with Gasteiger partial charge in [-0.3, -0.25) is 24.1 Å². The van der Waals surface area contributed by atoms with Crippen molar-refractivity contribution in [2.45, 2.75) is 147 Å². The molecule has 0 bridgehead atoms. The lowest BCUT2D eigenvalue weighted by Crippen LogP contribution is -2.60. The molecule has 0 radical (unpaired) electrons. The number of likely N-dealkylation sites (tertiary alicyclic amines) is 1. The van der Waals surface area contributed by atoms with E-state index in [-0.39, 0.29) is 59.8 Å². The van der Waals surface area contributed by atoms with Gasteiger partial charge in [0, 0.05) is 47.2 Å². The summed E-state index contributed by atoms with van der Waals surface area (Å²) in [4.78, 5) is 74.5. The van der Waals surface area contributed by atoms with E-state index in [0.29, 0.717) is 24.9 Å². The number of carbonyl (C=O) groups excluding carboxylic acids is 5. The van der Waals surface area contributed by atoms with Crippen LogP contribution in [0.3, 0.4) is 0 Å². The predicted octanol–water partition coefficient (Wildman–Crippen LogP) is 5.34. The molecule has 1 saturated heterocycles. The lowest BCUT2D eigenvalue weighted by atomic mass is 9.89. The van der Waals surface area contributed by atoms with E-state index in [1.165, 1.54) is 47.8 Å². The van der Waals surface area contributed by atoms with Crippen LogP contribution in [0.5, 0.6) is 0 Å². The number of methoxy groups -OCH3 is 2. The highest BCUT2D eigenvalue weighted by atomic mass is 33.1. The van der Waals surface area contributed by atoms with Crippen molar-refractivity contribution in [2.24, 2.45) is 30.7 Å². The molecule has 65 heavy (non-hydrogen) atoms. The first-order valence-corrected chi connectivity index (χ1v) is 24.9. The van der Waals surface area contributed by atoms with E-state index in [2.05, 4.69) is 20.8 Å². The number of carbonyl (C=O) groups is 5. The molecule has 17 nitrogen and oxygen atoms in total. The molecule has 2 heterocycles. The average Bonchev–Trinajstić information content (AvgIpc) is 3.94. The molecule has 2 aromatic rings. The Morgan fingerprint density at radius 3 is 2.14 bits per heavy atom. The highest BCUT2D eigenvalue weighted by molar-refractivity contribution is 8.76. The Morgan fingerprint density at radius 2 is 1.58 bits per heavy atom. The van der Waals surface area contributed by atoms with Crippen LogP contribution in [-0.4, -0.2) is 153 Å². The summed E-state index contributed by atoms with van der Waals surface area (Å²) >= 11 is 0. The van der Waals surface area contributed by atoms with Crippen molar-refractivity contribution in [3.8, 4) is 0 Å². The fourth-order valence-electron chi connectivity index (χ4n) is 8.48. The van der Waals surface area contributed by atoms with Gasteiger partial charge in [-0.05, 0) is 60.8 Å². The maximum Gasteiger partial charge on any atom is 0.410 e. The zero-order valence-electron chi connectivity index (χ0n) is 40.9. The Bertz CT molecular complexity index is 1820. The van der Waals surface area contributed by atoms with Gasteiger partial charge < -0.3 is 44.3 Å². The van der Waals surface area contributed by atoms with E-state index in [4.69, 9.17) is 14.2 Å². The lowest BCUT2D eigenvalue weighted by molar-refractivity contribution is -0.148. The third kappa shape index (κ3) is 15.0. The number of likely N-dealkylation sites (N-methyl/N-ethyl adjacent to an activating group) is 2. The van der Waals surface area contributed by atoms with Gasteiger partial charge in [-0.15, -0.1) is 10.2 Å². The molecule has 1 aliphatic rings. The van der Waals surface area contributed by atoms with Crippen LogP contribution in [-0.2, 0) is 40.4 Å². The second-order valence-corrected chi connectivity index (χ2v) is 20.7. The second-order valence-electron chi connectivity index (χ2n) is 18.1. The summed E-state index contributed by atoms with van der Waals surface area (Å²) in [7, 11) is 11.0. The number of aryl methyl sites for hydroxylation is 1. The van der Waals surface area contributed by atoms with Crippen LogP contribution in [0.4, 0.5) is 4.79 Å². The molecular weight excluding hydrogens is 873 g/mol. The van der Waals surface area contributed by atoms with E-state index in [1.807, 2.05) is 73.7 Å². The molecule has 0 unspecified atom stereocenters. The number of aromatic nitrogens is 3. The number of benzene rings is 1. The topological polar surface area (TPSA) is 198 Å². The number of aliphatic hydroxyl groups excluding tert-OH is 1. The maximum atomic E-state index is 14.6. The number of aliphatic hydroxyl groups is 1. The van der Waals surface area contributed by atoms with Crippen molar-refractivity contribution >= 4 is 51.3 Å². The second kappa shape index (κ2) is 26.4. The Labute approximate surface area is 394 Å². The molecule has 19 heteroatoms. The van der Waals surface area contributed by atoms with E-state index in [1.54, 1.807) is 53.7 Å². The van der Waals surface area contributed by atoms with Crippen LogP contribution >= 0.6 is 21.6 Å². The monoisotopic (exact) mass is 949 g/mol. The van der Waals surface area contributed by atoms with E-state index in [0.717, 1.165) is 11.6 Å². The number of amides is 5. The fraction of sp³-hybridized carbons (Fsp3) is 0.717. The highest BCUT2D eigenvalue weighted by Gasteiger charge is 2.44. The predicted molar refractivity (Wildman–Crippen MR) is 254 cm³/mol. The molecule has 1 aliphatic heterocycles. The summed E-state index contributed by atoms with van der Waals surface area (Å²) in [6.45, 7) is 17.4. The van der Waals surface area contributed by atoms with Gasteiger partial charge in [-0.1, -0.05) is 96.0 Å². The first-order chi connectivity index (χ1) is 30.7. The van der Waals surface area contributed by atoms with Crippen molar-refractivity contribution in [1.29, 1.82) is 0 Å². The summed E-state index contributed by atoms with van der Waals surface area (Å²) in [5.74, 6) is -2.71. The molecule has 1 fully saturated rings. The Kier molecular flexibility index (Phi) is 22.5. The molecule has 0 aliphatic carbocycles. The average molecular weight is 949 g/mol. The first-order valence-electron chi connectivity index (χ1n) is 22.7. The van der Waals surface area contributed by atoms with E-state index in [9.17, 15) is 29.1 Å². The largest absolute Gasteiger partial charge is 0.448 e. The molecule has 366 valence electrons. The maximum absolute atomic E-state index is 14.6. The third-order valence-corrected chi connectivity index (χ3v) is 15.3. The summed E-state index contributed by atoms with van der Waals surface area (Å²) in [5.41, 5.74) is 0.693. The van der Waals surface area contributed by atoms with Gasteiger partial charge in [-0.2, -0.15) is 0 Å². The Morgan fingerprint density at radius 1 is 0.923 bits per heavy atom. The standard InChI is InChI=1S/C46H76N8O9S2/c1-15-29(6)39(35(61-13)24-36(55)54-23-19-22-34(54)41(62-14)31(8)42(57)48-32(9)40(56)33-20-17-16-18-21-33)52(11)44(59)37(27(2)3)49-43(58)38(28(4)5)53(12)46(60)63-25-30(7)64-65-45-50-47-26-51(45)10/h16-18,20-21,26-32,34-35,37-41,56H,15,19,22-25H2,1-14H3,(H,48,57)(H,49,58)/t29-,30+,31+,32+,34-,35+,37-,38-,39-,40+,41+/m0/s1. The molecule has 5 amide bonds. The minimum absolute atomic E-state index is 0.0337. The van der Waals surface area contributed by atoms with Crippen molar-refractivity contribution < 1.29 is 43.3 Å². The molecule has 3 rings (SSSR count). The van der Waals surface area contributed by atoms with Crippen LogP contribution in [0.1, 0.15) is 99.7 Å². The highest BCUT2D eigenvalue weighted by Crippen LogP contribution is 2.33. The number of hydrogen-bond acceptors (Lipinski definition) is 13. The van der Waals surface area contributed by atoms with Gasteiger partial charge in [0.2, 0.25) is 28.8 Å². The zero-order valence-corrected chi connectivity index (χ0v) is 42.6. The SMILES string of the molecule is CC[C@H](C)[C@@H]([C@@H](CC(=O)N1CCC[C@H]1[C@H](OC)[C@@H](C)C(=O)N[C@H](C)[C@@H](O)c1ccccc1)OC)N(C)C(=O)[C@@H](NC(=O)[C@H](C(C)C)N(C)C(=O)OC[C@@H](C)SSc1nncn1C)C(C)C. The molecule has 1 aromatic heterocycles. The number of hydrogen-bond donors (Lipinski definition) is 3. The van der Waals surface area contributed by atoms with Gasteiger partial charge in [0.25, 0.3) is 0 Å². The van der Waals surface area contributed by atoms with Crippen molar-refractivity contribution in [3.05, 3.63) is 42.2 Å². The van der Waals surface area contributed by atoms with E-state index >= 15 is 0 Å². The van der Waals surface area contributed by atoms with Crippen LogP contribution < -0.4 is 10.6 Å². The van der Waals surface area contributed by atoms with Crippen molar-refractivity contribution in [1.82, 2.24) is 40.1 Å². The van der Waals surface area contributed by atoms with Crippen molar-refractivity contribution in [2.75, 3.05) is 41.5 Å². The summed E-state index contributed by atoms with van der Waals surface area (Å²) in [6, 6.07) is 5.74. The summed E-state index contributed by atoms with van der Waals surface area (Å²) in [5, 5.41) is 25.4. The molecule has 1 aromatic carbocycles. The smallest absolute Gasteiger partial charge is 0.410 e. The fourth-order valence-corrected chi connectivity index (χ4v) is 10.5. The molecule has 0 spiro atoms. The minimum atomic E-state index is -0.957. The first kappa shape index (κ1) is 55.4. The Balaban J connectivity index is 1.72. The summed E-state index contributed by atoms with van der Waals surface area (Å²) in [6.07, 6.45) is 0.721. The normalized spacial score (nSPS) is 18.7. The number of ether oxygens (including phenoxy) is 3. The van der Waals surface area contributed by atoms with Gasteiger partial charge in [-0.25, -0.2) is 4.79 Å². The van der Waals surface area contributed by atoms with Crippen LogP contribution in [0.2, 0.25) is 0 Å². The molecule has 3 N–H and O–H groups in total. The van der Waals surface area contributed by atoms with E-state index < -0.39 is 60.4 Å². The number of nitrogens with one attached hydrogen (secondary N) is 2. The van der Waals surface area contributed by atoms with Gasteiger partial charge in [0.1, 0.15) is 25.0 Å². The van der Waals surface area contributed by atoms with Gasteiger partial charge in [0.05, 0.1) is 48.8 Å². The molecular formula is C46H76N8O9S2. The molecule has 0 saturated carbocycles. The Hall–Kier alpha value is -3.91. The quantitative estimate of drug-likeness (QED) is 0.108. The van der Waals surface area contributed by atoms with Gasteiger partial charge >= 0.3 is 6.09 Å². The van der Waals surface area contributed by atoms with Crippen LogP contribution in [0, 0.1) is 23.7 Å². The number of nitrogens with zero attached hydrogens (tertiary/aromatic N) is 6. The number of rotatable bonds is 25. The lowest BCUT2D eigenvalue weighted by Gasteiger charge is -2.41. The van der Waals surface area contributed by atoms with Crippen molar-refractivity contribution in [3.63, 3.8) is 0 Å². The van der Waals surface area contributed by atoms with Crippen LogP contribution in [0.15, 0.2) is 41.8 Å². The zero-order chi connectivity index (χ0) is 48.7.